The van der Waals surface area contributed by atoms with Crippen molar-refractivity contribution in [2.75, 3.05) is 13.2 Å². The first-order valence-electron chi connectivity index (χ1n) is 5.68. The number of ether oxygens (including phenoxy) is 1. The van der Waals surface area contributed by atoms with Gasteiger partial charge in [0.05, 0.1) is 6.10 Å². The van der Waals surface area contributed by atoms with Crippen LogP contribution in [0.2, 0.25) is 0 Å². The maximum absolute atomic E-state index is 11.5. The Morgan fingerprint density at radius 2 is 2.25 bits per heavy atom. The molecule has 16 heavy (non-hydrogen) atoms. The third kappa shape index (κ3) is 2.06. The number of nitrogens with two attached hydrogens (primary N) is 1. The monoisotopic (exact) mass is 248 g/mol. The van der Waals surface area contributed by atoms with E-state index < -0.39 is 0 Å². The summed E-state index contributed by atoms with van der Waals surface area (Å²) in [4.78, 5) is 11.5. The first kappa shape index (κ1) is 13.7. The number of carbonyl (C=O) groups is 1. The summed E-state index contributed by atoms with van der Waals surface area (Å²) in [6, 6.07) is 0.268. The zero-order valence-corrected chi connectivity index (χ0v) is 10.7. The van der Waals surface area contributed by atoms with E-state index in [4.69, 9.17) is 10.5 Å². The van der Waals surface area contributed by atoms with Crippen molar-refractivity contribution in [2.24, 2.45) is 17.1 Å². The van der Waals surface area contributed by atoms with Crippen molar-refractivity contribution in [3.8, 4) is 0 Å². The fourth-order valence-electron chi connectivity index (χ4n) is 2.99. The zero-order valence-electron chi connectivity index (χ0n) is 9.86. The summed E-state index contributed by atoms with van der Waals surface area (Å²) in [6.45, 7) is 5.57. The lowest BCUT2D eigenvalue weighted by Gasteiger charge is -2.54. The molecule has 1 heterocycles. The van der Waals surface area contributed by atoms with Crippen LogP contribution in [-0.2, 0) is 9.53 Å². The maximum atomic E-state index is 11.5. The highest BCUT2D eigenvalue weighted by Crippen LogP contribution is 2.52. The molecule has 0 radical (unpaired) electrons. The van der Waals surface area contributed by atoms with Crippen LogP contribution in [0, 0.1) is 11.3 Å². The summed E-state index contributed by atoms with van der Waals surface area (Å²) in [5.74, 6) is 0.586. The number of rotatable bonds is 3. The third-order valence-electron chi connectivity index (χ3n) is 3.79. The van der Waals surface area contributed by atoms with E-state index in [0.717, 1.165) is 13.0 Å². The summed E-state index contributed by atoms with van der Waals surface area (Å²) in [6.07, 6.45) is 1.83. The Labute approximate surface area is 103 Å². The van der Waals surface area contributed by atoms with Gasteiger partial charge in [-0.2, -0.15) is 0 Å². The molecule has 94 valence electrons. The number of nitrogens with one attached hydrogen (secondary N) is 1. The van der Waals surface area contributed by atoms with Gasteiger partial charge in [0.1, 0.15) is 0 Å². The highest BCUT2D eigenvalue weighted by Gasteiger charge is 2.59. The molecular weight excluding hydrogens is 228 g/mol. The Morgan fingerprint density at radius 3 is 2.88 bits per heavy atom. The van der Waals surface area contributed by atoms with Gasteiger partial charge in [0.2, 0.25) is 5.91 Å². The van der Waals surface area contributed by atoms with Gasteiger partial charge in [0, 0.05) is 36.9 Å². The van der Waals surface area contributed by atoms with Gasteiger partial charge in [-0.05, 0) is 6.42 Å². The van der Waals surface area contributed by atoms with Gasteiger partial charge < -0.3 is 15.8 Å². The molecule has 1 saturated heterocycles. The van der Waals surface area contributed by atoms with Crippen LogP contribution < -0.4 is 11.1 Å². The highest BCUT2D eigenvalue weighted by molar-refractivity contribution is 5.85. The van der Waals surface area contributed by atoms with E-state index in [9.17, 15) is 4.79 Å². The lowest BCUT2D eigenvalue weighted by molar-refractivity contribution is -0.137. The molecule has 5 heteroatoms. The van der Waals surface area contributed by atoms with Crippen molar-refractivity contribution < 1.29 is 9.53 Å². The van der Waals surface area contributed by atoms with Crippen LogP contribution in [0.3, 0.4) is 0 Å². The van der Waals surface area contributed by atoms with Crippen molar-refractivity contribution in [2.45, 2.75) is 38.8 Å². The van der Waals surface area contributed by atoms with E-state index in [-0.39, 0.29) is 29.8 Å². The number of hydrogen-bond acceptors (Lipinski definition) is 3. The fraction of sp³-hybridized carbons (Fsp3) is 0.909. The Bertz CT molecular complexity index is 271. The van der Waals surface area contributed by atoms with Crippen LogP contribution in [0.4, 0.5) is 0 Å². The van der Waals surface area contributed by atoms with Crippen molar-refractivity contribution >= 4 is 18.3 Å². The molecule has 1 aliphatic heterocycles. The lowest BCUT2D eigenvalue weighted by Crippen LogP contribution is -2.66. The second kappa shape index (κ2) is 4.90. The minimum Gasteiger partial charge on any atom is -0.377 e. The number of hydrogen-bond donors (Lipinski definition) is 2. The summed E-state index contributed by atoms with van der Waals surface area (Å²) in [5, 5.41) is 3.08. The summed E-state index contributed by atoms with van der Waals surface area (Å²) in [5.41, 5.74) is 5.43. The molecule has 0 aromatic heterocycles. The second-order valence-electron chi connectivity index (χ2n) is 5.15. The average molecular weight is 249 g/mol. The minimum atomic E-state index is 0. The lowest BCUT2D eigenvalue weighted by atomic mass is 9.57. The second-order valence-corrected chi connectivity index (χ2v) is 5.15. The van der Waals surface area contributed by atoms with Crippen molar-refractivity contribution in [1.82, 2.24) is 5.32 Å². The van der Waals surface area contributed by atoms with Gasteiger partial charge in [-0.25, -0.2) is 0 Å². The molecule has 4 nitrogen and oxygen atoms in total. The highest BCUT2D eigenvalue weighted by atomic mass is 35.5. The maximum Gasteiger partial charge on any atom is 0.221 e. The quantitative estimate of drug-likeness (QED) is 0.772. The predicted octanol–water partition coefficient (Wildman–Crippen LogP) is 0.687. The van der Waals surface area contributed by atoms with Crippen molar-refractivity contribution in [1.29, 1.82) is 0 Å². The van der Waals surface area contributed by atoms with Crippen LogP contribution in [0.1, 0.15) is 26.7 Å². The fourth-order valence-corrected chi connectivity index (χ4v) is 2.99. The van der Waals surface area contributed by atoms with Crippen molar-refractivity contribution in [3.63, 3.8) is 0 Å². The molecule has 0 aromatic rings. The molecule has 1 saturated carbocycles. The van der Waals surface area contributed by atoms with Crippen LogP contribution >= 0.6 is 12.4 Å². The van der Waals surface area contributed by atoms with E-state index >= 15 is 0 Å². The van der Waals surface area contributed by atoms with E-state index in [1.807, 2.05) is 0 Å². The van der Waals surface area contributed by atoms with Crippen molar-refractivity contribution in [3.05, 3.63) is 0 Å². The summed E-state index contributed by atoms with van der Waals surface area (Å²) < 4.78 is 5.66. The summed E-state index contributed by atoms with van der Waals surface area (Å²) >= 11 is 0. The molecule has 3 atom stereocenters. The third-order valence-corrected chi connectivity index (χ3v) is 3.79. The summed E-state index contributed by atoms with van der Waals surface area (Å²) in [7, 11) is 0. The van der Waals surface area contributed by atoms with E-state index in [1.165, 1.54) is 0 Å². The van der Waals surface area contributed by atoms with Gasteiger partial charge in [-0.15, -0.1) is 12.4 Å². The molecule has 3 N–H and O–H groups in total. The number of fused-ring (bicyclic) bond motifs is 1. The minimum absolute atomic E-state index is 0. The smallest absolute Gasteiger partial charge is 0.221 e. The molecule has 2 aliphatic rings. The number of halogens is 1. The van der Waals surface area contributed by atoms with Gasteiger partial charge in [0.25, 0.3) is 0 Å². The molecule has 2 fully saturated rings. The van der Waals surface area contributed by atoms with Crippen LogP contribution in [-0.4, -0.2) is 31.2 Å². The molecule has 0 bridgehead atoms. The molecule has 1 aliphatic carbocycles. The predicted molar refractivity (Wildman–Crippen MR) is 64.5 cm³/mol. The van der Waals surface area contributed by atoms with Gasteiger partial charge in [-0.1, -0.05) is 13.8 Å². The van der Waals surface area contributed by atoms with Gasteiger partial charge in [-0.3, -0.25) is 4.79 Å². The normalized spacial score (nSPS) is 34.6. The zero-order chi connectivity index (χ0) is 11.1. The van der Waals surface area contributed by atoms with E-state index in [2.05, 4.69) is 19.2 Å². The van der Waals surface area contributed by atoms with Crippen LogP contribution in [0.25, 0.3) is 0 Å². The number of amides is 1. The largest absolute Gasteiger partial charge is 0.377 e. The molecule has 3 unspecified atom stereocenters. The van der Waals surface area contributed by atoms with Crippen LogP contribution in [0.15, 0.2) is 0 Å². The van der Waals surface area contributed by atoms with Gasteiger partial charge in [0.15, 0.2) is 0 Å². The topological polar surface area (TPSA) is 64.4 Å². The first-order chi connectivity index (χ1) is 7.07. The Morgan fingerprint density at radius 1 is 1.56 bits per heavy atom. The average Bonchev–Trinajstić information content (AvgIpc) is 2.61. The SMILES string of the molecule is CC1(C)C(NC(=O)CCN)C2CCOC21.Cl. The first-order valence-corrected chi connectivity index (χ1v) is 5.68. The molecular formula is C11H21ClN2O2. The van der Waals surface area contributed by atoms with Gasteiger partial charge >= 0.3 is 0 Å². The van der Waals surface area contributed by atoms with E-state index in [0.29, 0.717) is 25.0 Å². The Balaban J connectivity index is 0.00000128. The van der Waals surface area contributed by atoms with Crippen LogP contribution in [0.5, 0.6) is 0 Å². The Hall–Kier alpha value is -0.320. The Kier molecular flexibility index (Phi) is 4.21. The molecule has 0 spiro atoms. The standard InChI is InChI=1S/C11H20N2O2.ClH/c1-11(2)9(13-8(14)3-5-12)7-4-6-15-10(7)11;/h7,9-10H,3-6,12H2,1-2H3,(H,13,14);1H. The number of carbonyl (C=O) groups excluding carboxylic acids is 1. The molecule has 0 aromatic carbocycles. The molecule has 1 amide bonds. The molecule has 2 rings (SSSR count). The van der Waals surface area contributed by atoms with E-state index in [1.54, 1.807) is 0 Å².